The Kier molecular flexibility index (Phi) is 3.90. The number of rotatable bonds is 3. The molecule has 8 nitrogen and oxygen atoms in total. The molecule has 24 heavy (non-hydrogen) atoms. The third kappa shape index (κ3) is 2.47. The molecule has 0 saturated carbocycles. The molecule has 0 bridgehead atoms. The lowest BCUT2D eigenvalue weighted by Crippen LogP contribution is -2.30. The SMILES string of the molecule is Cc1c(NC(=O)[C@H]2CC(=O)N(C)[C@@H]2c2cnn(C)c2C)cnn1C. The Bertz CT molecular complexity index is 806. The first-order valence-corrected chi connectivity index (χ1v) is 7.85. The number of aryl methyl sites for hydroxylation is 2. The van der Waals surface area contributed by atoms with E-state index < -0.39 is 5.92 Å². The lowest BCUT2D eigenvalue weighted by Gasteiger charge is -2.24. The molecule has 8 heteroatoms. The molecule has 128 valence electrons. The fraction of sp³-hybridized carbons (Fsp3) is 0.500. The molecule has 3 heterocycles. The number of likely N-dealkylation sites (tertiary alicyclic amines) is 1. The number of hydrogen-bond donors (Lipinski definition) is 1. The fourth-order valence-corrected chi connectivity index (χ4v) is 3.18. The number of anilines is 1. The highest BCUT2D eigenvalue weighted by molar-refractivity contribution is 5.98. The molecule has 1 aliphatic heterocycles. The van der Waals surface area contributed by atoms with Crippen molar-refractivity contribution in [2.24, 2.45) is 20.0 Å². The fourth-order valence-electron chi connectivity index (χ4n) is 3.18. The van der Waals surface area contributed by atoms with Crippen LogP contribution < -0.4 is 5.32 Å². The zero-order valence-electron chi connectivity index (χ0n) is 14.6. The highest BCUT2D eigenvalue weighted by Gasteiger charge is 2.44. The van der Waals surface area contributed by atoms with Gasteiger partial charge in [-0.1, -0.05) is 0 Å². The van der Waals surface area contributed by atoms with Gasteiger partial charge in [0.15, 0.2) is 0 Å². The zero-order valence-corrected chi connectivity index (χ0v) is 14.6. The van der Waals surface area contributed by atoms with E-state index in [1.807, 2.05) is 27.9 Å². The number of hydrogen-bond acceptors (Lipinski definition) is 4. The minimum atomic E-state index is -0.454. The smallest absolute Gasteiger partial charge is 0.230 e. The van der Waals surface area contributed by atoms with E-state index in [-0.39, 0.29) is 24.3 Å². The predicted octanol–water partition coefficient (Wildman–Crippen LogP) is 0.929. The summed E-state index contributed by atoms with van der Waals surface area (Å²) in [6, 6.07) is -0.303. The summed E-state index contributed by atoms with van der Waals surface area (Å²) in [5.41, 5.74) is 3.41. The van der Waals surface area contributed by atoms with E-state index in [0.717, 1.165) is 17.0 Å². The van der Waals surface area contributed by atoms with Crippen LogP contribution >= 0.6 is 0 Å². The maximum absolute atomic E-state index is 12.8. The Morgan fingerprint density at radius 2 is 1.75 bits per heavy atom. The summed E-state index contributed by atoms with van der Waals surface area (Å²) in [5, 5.41) is 11.3. The second-order valence-corrected chi connectivity index (χ2v) is 6.33. The average molecular weight is 330 g/mol. The Morgan fingerprint density at radius 3 is 2.29 bits per heavy atom. The van der Waals surface area contributed by atoms with Crippen molar-refractivity contribution in [3.8, 4) is 0 Å². The summed E-state index contributed by atoms with van der Waals surface area (Å²) < 4.78 is 3.45. The molecule has 2 aromatic heterocycles. The first-order chi connectivity index (χ1) is 11.3. The minimum Gasteiger partial charge on any atom is -0.338 e. The lowest BCUT2D eigenvalue weighted by molar-refractivity contribution is -0.127. The van der Waals surface area contributed by atoms with Crippen LogP contribution in [0.3, 0.4) is 0 Å². The molecule has 3 rings (SSSR count). The van der Waals surface area contributed by atoms with Gasteiger partial charge in [0.05, 0.1) is 35.7 Å². The normalized spacial score (nSPS) is 20.7. The second-order valence-electron chi connectivity index (χ2n) is 6.33. The van der Waals surface area contributed by atoms with Crippen LogP contribution in [-0.2, 0) is 23.7 Å². The van der Waals surface area contributed by atoms with Crippen LogP contribution in [0.5, 0.6) is 0 Å². The van der Waals surface area contributed by atoms with Crippen molar-refractivity contribution in [1.82, 2.24) is 24.5 Å². The summed E-state index contributed by atoms with van der Waals surface area (Å²) in [6.45, 7) is 3.83. The summed E-state index contributed by atoms with van der Waals surface area (Å²) in [5.74, 6) is -0.659. The molecule has 1 fully saturated rings. The van der Waals surface area contributed by atoms with Crippen LogP contribution in [0.4, 0.5) is 5.69 Å². The van der Waals surface area contributed by atoms with E-state index in [1.165, 1.54) is 0 Å². The topological polar surface area (TPSA) is 85.1 Å². The molecular formula is C16H22N6O2. The van der Waals surface area contributed by atoms with Gasteiger partial charge in [-0.15, -0.1) is 0 Å². The Morgan fingerprint density at radius 1 is 1.12 bits per heavy atom. The summed E-state index contributed by atoms with van der Waals surface area (Å²) >= 11 is 0. The van der Waals surface area contributed by atoms with Gasteiger partial charge in [0, 0.05) is 38.8 Å². The Labute approximate surface area is 140 Å². The van der Waals surface area contributed by atoms with Crippen LogP contribution in [-0.4, -0.2) is 43.3 Å². The van der Waals surface area contributed by atoms with Gasteiger partial charge >= 0.3 is 0 Å². The predicted molar refractivity (Wildman–Crippen MR) is 88.1 cm³/mol. The van der Waals surface area contributed by atoms with Crippen LogP contribution in [0.15, 0.2) is 12.4 Å². The first kappa shape index (κ1) is 16.2. The van der Waals surface area contributed by atoms with Crippen molar-refractivity contribution in [1.29, 1.82) is 0 Å². The molecule has 0 aliphatic carbocycles. The van der Waals surface area contributed by atoms with Crippen molar-refractivity contribution >= 4 is 17.5 Å². The maximum atomic E-state index is 12.8. The standard InChI is InChI=1S/C16H22N6O2/c1-9-12(7-17-21(9)4)15-11(6-14(23)20(15)3)16(24)19-13-8-18-22(5)10(13)2/h7-8,11,15H,6H2,1-5H3,(H,19,24)/t11-,15-/m0/s1. The highest BCUT2D eigenvalue weighted by atomic mass is 16.2. The molecule has 1 aliphatic rings. The number of carbonyl (C=O) groups excluding carboxylic acids is 2. The molecule has 0 unspecified atom stereocenters. The van der Waals surface area contributed by atoms with Gasteiger partial charge in [-0.3, -0.25) is 19.0 Å². The minimum absolute atomic E-state index is 0.0358. The zero-order chi connectivity index (χ0) is 17.6. The van der Waals surface area contributed by atoms with E-state index in [0.29, 0.717) is 5.69 Å². The molecule has 2 amide bonds. The molecule has 0 spiro atoms. The van der Waals surface area contributed by atoms with Crippen LogP contribution in [0.1, 0.15) is 29.4 Å². The molecule has 1 saturated heterocycles. The molecule has 2 atom stereocenters. The number of nitrogens with zero attached hydrogens (tertiary/aromatic N) is 5. The van der Waals surface area contributed by atoms with Crippen LogP contribution in [0, 0.1) is 19.8 Å². The van der Waals surface area contributed by atoms with Gasteiger partial charge in [-0.25, -0.2) is 0 Å². The van der Waals surface area contributed by atoms with Crippen molar-refractivity contribution in [3.05, 3.63) is 29.3 Å². The van der Waals surface area contributed by atoms with Gasteiger partial charge in [0.1, 0.15) is 0 Å². The maximum Gasteiger partial charge on any atom is 0.230 e. The summed E-state index contributed by atoms with van der Waals surface area (Å²) in [7, 11) is 5.41. The molecular weight excluding hydrogens is 308 g/mol. The molecule has 2 aromatic rings. The van der Waals surface area contributed by atoms with E-state index in [9.17, 15) is 9.59 Å². The number of aromatic nitrogens is 4. The van der Waals surface area contributed by atoms with Crippen molar-refractivity contribution in [2.75, 3.05) is 12.4 Å². The van der Waals surface area contributed by atoms with E-state index in [1.54, 1.807) is 33.7 Å². The van der Waals surface area contributed by atoms with E-state index >= 15 is 0 Å². The van der Waals surface area contributed by atoms with E-state index in [4.69, 9.17) is 0 Å². The molecule has 0 aromatic carbocycles. The average Bonchev–Trinajstić information content (AvgIpc) is 3.14. The van der Waals surface area contributed by atoms with Crippen molar-refractivity contribution < 1.29 is 9.59 Å². The molecule has 1 N–H and O–H groups in total. The first-order valence-electron chi connectivity index (χ1n) is 7.85. The van der Waals surface area contributed by atoms with E-state index in [2.05, 4.69) is 15.5 Å². The summed E-state index contributed by atoms with van der Waals surface area (Å²) in [6.07, 6.45) is 3.56. The van der Waals surface area contributed by atoms with Gasteiger partial charge in [-0.05, 0) is 13.8 Å². The van der Waals surface area contributed by atoms with Gasteiger partial charge in [-0.2, -0.15) is 10.2 Å². The summed E-state index contributed by atoms with van der Waals surface area (Å²) in [4.78, 5) is 26.7. The largest absolute Gasteiger partial charge is 0.338 e. The number of amides is 2. The Balaban J connectivity index is 1.90. The number of carbonyl (C=O) groups is 2. The van der Waals surface area contributed by atoms with Crippen molar-refractivity contribution in [3.63, 3.8) is 0 Å². The number of nitrogens with one attached hydrogen (secondary N) is 1. The quantitative estimate of drug-likeness (QED) is 0.907. The highest BCUT2D eigenvalue weighted by Crippen LogP contribution is 2.38. The van der Waals surface area contributed by atoms with Crippen molar-refractivity contribution in [2.45, 2.75) is 26.3 Å². The van der Waals surface area contributed by atoms with Gasteiger partial charge in [0.2, 0.25) is 11.8 Å². The van der Waals surface area contributed by atoms with Crippen LogP contribution in [0.25, 0.3) is 0 Å². The Hall–Kier alpha value is -2.64. The second kappa shape index (κ2) is 5.77. The van der Waals surface area contributed by atoms with Gasteiger partial charge < -0.3 is 10.2 Å². The lowest BCUT2D eigenvalue weighted by atomic mass is 9.93. The monoisotopic (exact) mass is 330 g/mol. The molecule has 0 radical (unpaired) electrons. The van der Waals surface area contributed by atoms with Gasteiger partial charge in [0.25, 0.3) is 0 Å². The third-order valence-electron chi connectivity index (χ3n) is 5.01. The third-order valence-corrected chi connectivity index (χ3v) is 5.01. The van der Waals surface area contributed by atoms with Crippen LogP contribution in [0.2, 0.25) is 0 Å².